The van der Waals surface area contributed by atoms with Crippen molar-refractivity contribution in [2.24, 2.45) is 0 Å². The van der Waals surface area contributed by atoms with Gasteiger partial charge in [0.15, 0.2) is 0 Å². The summed E-state index contributed by atoms with van der Waals surface area (Å²) in [6.45, 7) is 0. The van der Waals surface area contributed by atoms with Gasteiger partial charge in [0.2, 0.25) is 0 Å². The predicted octanol–water partition coefficient (Wildman–Crippen LogP) is 37.3. The second kappa shape index (κ2) is 35.2. The largest absolute Gasteiger partial charge is 0.0629 e. The average molecular weight is 1710 g/mol. The molecule has 0 radical (unpaired) electrons. The molecule has 0 aliphatic carbocycles. The van der Waals surface area contributed by atoms with Crippen LogP contribution in [0.3, 0.4) is 0 Å². The van der Waals surface area contributed by atoms with Crippen molar-refractivity contribution in [3.05, 3.63) is 533 Å². The van der Waals surface area contributed by atoms with Crippen molar-refractivity contribution in [2.45, 2.75) is 0 Å². The van der Waals surface area contributed by atoms with Crippen molar-refractivity contribution >= 4 is 129 Å². The van der Waals surface area contributed by atoms with E-state index in [9.17, 15) is 0 Å². The Labute approximate surface area is 813 Å². The van der Waals surface area contributed by atoms with Crippen LogP contribution in [0.5, 0.6) is 0 Å². The fraction of sp³-hybridized carbons (Fsp3) is 0. The van der Waals surface area contributed by atoms with Crippen molar-refractivity contribution in [1.29, 1.82) is 0 Å². The minimum atomic E-state index is -0.409. The van der Waals surface area contributed by atoms with Gasteiger partial charge < -0.3 is 0 Å². The van der Waals surface area contributed by atoms with Crippen LogP contribution in [0.4, 0.5) is 0 Å². The maximum absolute atomic E-state index is 9.11. The SMILES string of the molecule is [2H]c1c([2H])c([2H])c2c(-c3ccc(-c4ccc5ccccc5c4)cc3)c3c([2H])c([2H])c([2H])c([2H])c3c(-c3ccccc3)c2c1[2H].[2H]c1c([2H])c([2H])c2c(-c3ccc4ccccc4c3)c3c([2H])c([2H])c([2H])c([2H])c3c(-c3ccccc3)c2c1[2H].[2H]c1c([2H])c([2H])c2c(-c3cccc(-c4cccc5ccccc45)c3)c3c([2H])c([2H])c([2H])c([2H])c3c(-c3ccccc3)c2c1[2H].[2H]c1c([2H])c([2H])c2c(-c3cccc4ccccc34)c3c([2H])c([2H])c([2H])c([2H])c3c(-c3ccccc3)c2c1[2H]. The third kappa shape index (κ3) is 14.8. The van der Waals surface area contributed by atoms with E-state index < -0.39 is 96.7 Å². The van der Waals surface area contributed by atoms with E-state index in [-0.39, 0.29) is 183 Å². The van der Waals surface area contributed by atoms with E-state index in [2.05, 4.69) is 24.3 Å². The predicted molar refractivity (Wildman–Crippen MR) is 570 cm³/mol. The maximum atomic E-state index is 9.11. The highest BCUT2D eigenvalue weighted by Gasteiger charge is 2.23. The van der Waals surface area contributed by atoms with Crippen LogP contribution in [0, 0.1) is 0 Å². The van der Waals surface area contributed by atoms with E-state index in [1.807, 2.05) is 218 Å². The molecule has 0 amide bonds. The Kier molecular flexibility index (Phi) is 13.9. The summed E-state index contributed by atoms with van der Waals surface area (Å²) in [5.74, 6) is 0. The van der Waals surface area contributed by atoms with E-state index in [1.165, 1.54) is 0 Å². The second-order valence-electron chi connectivity index (χ2n) is 31.8. The van der Waals surface area contributed by atoms with Crippen LogP contribution in [0.25, 0.3) is 241 Å². The minimum Gasteiger partial charge on any atom is -0.0622 e. The van der Waals surface area contributed by atoms with Gasteiger partial charge in [0, 0.05) is 0 Å². The zero-order chi connectivity index (χ0) is 115. The maximum Gasteiger partial charge on any atom is 0.0629 e. The van der Waals surface area contributed by atoms with Crippen LogP contribution in [0.15, 0.2) is 533 Å². The van der Waals surface area contributed by atoms with Crippen LogP contribution in [-0.2, 0) is 0 Å². The average Bonchev–Trinajstić information content (AvgIpc) is 0.703. The molecule has 0 aliphatic rings. The van der Waals surface area contributed by atoms with Crippen LogP contribution < -0.4 is 0 Å². The molecular formula is C132H88. The topological polar surface area (TPSA) is 0 Å². The first-order valence-electron chi connectivity index (χ1n) is 59.1. The van der Waals surface area contributed by atoms with Gasteiger partial charge in [0.25, 0.3) is 0 Å². The highest BCUT2D eigenvalue weighted by atomic mass is 14.3. The summed E-state index contributed by atoms with van der Waals surface area (Å²) in [6, 6.07) is 95.5. The third-order valence-corrected chi connectivity index (χ3v) is 24.4. The van der Waals surface area contributed by atoms with E-state index in [0.29, 0.717) is 89.0 Å². The Morgan fingerprint density at radius 1 is 0.106 bits per heavy atom. The molecule has 0 aromatic heterocycles. The first-order valence-corrected chi connectivity index (χ1v) is 43.1. The molecule has 0 unspecified atom stereocenters. The monoisotopic (exact) mass is 1700 g/mol. The van der Waals surface area contributed by atoms with Gasteiger partial charge in [-0.1, -0.05) is 515 Å². The molecule has 0 bridgehead atoms. The third-order valence-electron chi connectivity index (χ3n) is 24.4. The molecule has 26 aromatic carbocycles. The molecular weight excluding hydrogens is 1590 g/mol. The number of hydrogen-bond donors (Lipinski definition) is 0. The Bertz CT molecular complexity index is 10600. The quantitative estimate of drug-likeness (QED) is 0.120. The van der Waals surface area contributed by atoms with Crippen molar-refractivity contribution in [3.63, 3.8) is 0 Å². The molecule has 0 heteroatoms. The minimum absolute atomic E-state index is 0.211. The zero-order valence-corrected chi connectivity index (χ0v) is 70.3. The lowest BCUT2D eigenvalue weighted by molar-refractivity contribution is 1.62. The Hall–Kier alpha value is -17.2. The van der Waals surface area contributed by atoms with Gasteiger partial charge in [-0.2, -0.15) is 0 Å². The van der Waals surface area contributed by atoms with Crippen LogP contribution in [0.1, 0.15) is 43.9 Å². The summed E-state index contributed by atoms with van der Waals surface area (Å²) < 4.78 is 280. The summed E-state index contributed by atoms with van der Waals surface area (Å²) in [6.07, 6.45) is 0. The lowest BCUT2D eigenvalue weighted by Crippen LogP contribution is -1.91. The fourth-order valence-corrected chi connectivity index (χ4v) is 18.5. The molecule has 0 fully saturated rings. The first kappa shape index (κ1) is 52.2. The van der Waals surface area contributed by atoms with E-state index in [4.69, 9.17) is 43.9 Å². The van der Waals surface area contributed by atoms with Gasteiger partial charge in [0.05, 0.1) is 43.9 Å². The summed E-state index contributed by atoms with van der Waals surface area (Å²) in [5, 5.41) is 11.5. The molecule has 0 saturated heterocycles. The van der Waals surface area contributed by atoms with Crippen LogP contribution in [0.2, 0.25) is 0 Å². The molecule has 0 aliphatic heterocycles. The first-order chi connectivity index (χ1) is 78.8. The van der Waals surface area contributed by atoms with Gasteiger partial charge >= 0.3 is 0 Å². The summed E-state index contributed by atoms with van der Waals surface area (Å²) in [5.41, 5.74) is 11.4. The normalized spacial score (nSPS) is 14.7. The number of rotatable bonds is 10. The fourth-order valence-electron chi connectivity index (χ4n) is 18.5. The Morgan fingerprint density at radius 3 is 0.652 bits per heavy atom. The lowest BCUT2D eigenvalue weighted by atomic mass is 9.85. The molecule has 26 aromatic rings. The standard InChI is InChI=1S/2C36H24.2C30H20/c1-2-13-26(14-3-1)35-31-19-6-8-21-33(31)36(34-22-9-7-20-32(34)35)28-17-10-16-27(24-28)30-23-11-15-25-12-4-5-18-29(25)30;1-2-11-27(12-3-1)35-31-14-6-8-16-33(31)36(34-17-9-7-15-32(34)35)28-21-18-26(19-22-28)30-23-20-25-10-4-5-13-29(25)24-30;1-2-12-22(13-3-1)29-25-16-6-8-18-27(25)30(28-19-9-7-17-26(28)29)24-20-10-14-21-11-4-5-15-23(21)24;1-2-11-22(12-3-1)29-25-14-6-8-16-27(25)30(28-17-9-7-15-26(28)29)24-19-18-21-10-4-5-13-23(21)20-24/h2*1-24H;2*1-20H/i6D,7D,8D,9D,19D,20D,21D,22D;6D,7D,8D,9D,14D,15D,16D,17D;6D,7D,8D,9D,16D,17D,18D,19D;6D,7D,8D,9D,14D,15D,16D,17D. The van der Waals surface area contributed by atoms with E-state index in [1.54, 1.807) is 97.1 Å². The van der Waals surface area contributed by atoms with Crippen molar-refractivity contribution < 1.29 is 43.9 Å². The van der Waals surface area contributed by atoms with E-state index in [0.717, 1.165) is 65.3 Å². The summed E-state index contributed by atoms with van der Waals surface area (Å²) in [7, 11) is 0. The van der Waals surface area contributed by atoms with Crippen molar-refractivity contribution in [3.8, 4) is 111 Å². The van der Waals surface area contributed by atoms with Gasteiger partial charge in [-0.05, 0) is 259 Å². The zero-order valence-electron chi connectivity index (χ0n) is 102. The molecule has 0 saturated carbocycles. The van der Waals surface area contributed by atoms with Crippen LogP contribution in [-0.4, -0.2) is 0 Å². The smallest absolute Gasteiger partial charge is 0.0622 e. The molecule has 0 nitrogen and oxygen atoms in total. The number of benzene rings is 26. The van der Waals surface area contributed by atoms with Crippen molar-refractivity contribution in [1.82, 2.24) is 0 Å². The highest BCUT2D eigenvalue weighted by molar-refractivity contribution is 6.27. The number of fused-ring (bicyclic) bond motifs is 12. The van der Waals surface area contributed by atoms with Crippen LogP contribution >= 0.6 is 0 Å². The van der Waals surface area contributed by atoms with Gasteiger partial charge in [0.1, 0.15) is 0 Å². The molecule has 0 N–H and O–H groups in total. The van der Waals surface area contributed by atoms with Crippen molar-refractivity contribution in [2.75, 3.05) is 0 Å². The van der Waals surface area contributed by atoms with Gasteiger partial charge in [-0.15, -0.1) is 0 Å². The Morgan fingerprint density at radius 2 is 0.311 bits per heavy atom. The lowest BCUT2D eigenvalue weighted by Gasteiger charge is -2.18. The van der Waals surface area contributed by atoms with Gasteiger partial charge in [-0.25, -0.2) is 0 Å². The second-order valence-corrected chi connectivity index (χ2v) is 31.8. The molecule has 0 heterocycles. The molecule has 26 rings (SSSR count). The van der Waals surface area contributed by atoms with E-state index >= 15 is 0 Å². The highest BCUT2D eigenvalue weighted by Crippen LogP contribution is 2.51. The molecule has 0 spiro atoms. The molecule has 132 heavy (non-hydrogen) atoms. The summed E-state index contributed by atoms with van der Waals surface area (Å²) in [4.78, 5) is 0. The molecule has 0 atom stereocenters. The molecule has 616 valence electrons. The number of hydrogen-bond acceptors (Lipinski definition) is 0. The van der Waals surface area contributed by atoms with Gasteiger partial charge in [-0.3, -0.25) is 0 Å². The summed E-state index contributed by atoms with van der Waals surface area (Å²) >= 11 is 0. The Balaban J connectivity index is 0.000000117.